The van der Waals surface area contributed by atoms with E-state index in [1.54, 1.807) is 0 Å². The Hall–Kier alpha value is -3.29. The Kier molecular flexibility index (Phi) is 20.4. The zero-order valence-corrected chi connectivity index (χ0v) is 25.6. The Morgan fingerprint density at radius 2 is 1.61 bits per heavy atom. The normalized spacial score (nSPS) is 14.5. The van der Waals surface area contributed by atoms with Gasteiger partial charge in [-0.15, -0.1) is 0 Å². The van der Waals surface area contributed by atoms with Crippen molar-refractivity contribution in [2.24, 2.45) is 5.11 Å². The highest BCUT2D eigenvalue weighted by Gasteiger charge is 2.31. The molecule has 0 aliphatic heterocycles. The summed E-state index contributed by atoms with van der Waals surface area (Å²) in [5.41, 5.74) is 8.57. The summed E-state index contributed by atoms with van der Waals surface area (Å²) >= 11 is 0. The number of carbonyl (C=O) groups is 2. The number of nitro benzene ring substituents is 1. The number of hydrogen-bond acceptors (Lipinski definition) is 10. The number of azide groups is 1. The van der Waals surface area contributed by atoms with Crippen LogP contribution in [0.5, 0.6) is 5.75 Å². The molecule has 0 fully saturated rings. The topological polar surface area (TPSA) is 228 Å². The van der Waals surface area contributed by atoms with Gasteiger partial charge in [-0.2, -0.15) is 0 Å². The van der Waals surface area contributed by atoms with Crippen LogP contribution in [0.25, 0.3) is 10.4 Å². The first-order valence-electron chi connectivity index (χ1n) is 15.6. The molecule has 1 unspecified atom stereocenters. The number of aliphatic hydroxyl groups excluding tert-OH is 4. The van der Waals surface area contributed by atoms with Crippen molar-refractivity contribution >= 4 is 23.6 Å². The van der Waals surface area contributed by atoms with Crippen molar-refractivity contribution in [3.63, 3.8) is 0 Å². The molecule has 0 aliphatic rings. The fourth-order valence-corrected chi connectivity index (χ4v) is 4.83. The van der Waals surface area contributed by atoms with Crippen LogP contribution in [0.1, 0.15) is 103 Å². The average molecular weight is 624 g/mol. The number of aliphatic hydroxyl groups is 4. The van der Waals surface area contributed by atoms with Crippen molar-refractivity contribution in [3.8, 4) is 5.75 Å². The zero-order chi connectivity index (χ0) is 32.7. The molecular formula is C30H49N5O9. The number of nitrogens with one attached hydrogen (secondary N) is 1. The molecule has 1 rings (SSSR count). The number of rotatable bonds is 26. The predicted molar refractivity (Wildman–Crippen MR) is 164 cm³/mol. The summed E-state index contributed by atoms with van der Waals surface area (Å²) in [6.07, 6.45) is 8.38. The lowest BCUT2D eigenvalue weighted by Gasteiger charge is -2.26. The minimum atomic E-state index is -1.77. The fraction of sp³-hybridized carbons (Fsp3) is 0.733. The Bertz CT molecular complexity index is 1040. The van der Waals surface area contributed by atoms with Gasteiger partial charge in [0.25, 0.3) is 0 Å². The monoisotopic (exact) mass is 623 g/mol. The van der Waals surface area contributed by atoms with Crippen molar-refractivity contribution in [2.75, 3.05) is 6.61 Å². The maximum atomic E-state index is 12.1. The first-order chi connectivity index (χ1) is 21.2. The molecule has 0 bridgehead atoms. The van der Waals surface area contributed by atoms with Crippen molar-refractivity contribution in [2.45, 2.75) is 134 Å². The molecule has 0 saturated heterocycles. The van der Waals surface area contributed by atoms with Gasteiger partial charge in [0.1, 0.15) is 30.6 Å². The van der Waals surface area contributed by atoms with E-state index in [2.05, 4.69) is 22.3 Å². The molecule has 14 heteroatoms. The summed E-state index contributed by atoms with van der Waals surface area (Å²) in [6.45, 7) is 1.34. The lowest BCUT2D eigenvalue weighted by atomic mass is 10.0. The van der Waals surface area contributed by atoms with Crippen LogP contribution in [-0.2, 0) is 9.59 Å². The van der Waals surface area contributed by atoms with E-state index in [1.807, 2.05) is 0 Å². The molecule has 1 aromatic carbocycles. The van der Waals surface area contributed by atoms with E-state index in [0.717, 1.165) is 83.5 Å². The Morgan fingerprint density at radius 3 is 2.16 bits per heavy atom. The van der Waals surface area contributed by atoms with E-state index in [1.165, 1.54) is 18.2 Å². The highest BCUT2D eigenvalue weighted by molar-refractivity contribution is 5.79. The molecule has 0 saturated carbocycles. The number of ether oxygens (including phenoxy) is 1. The number of hydrogen-bond donors (Lipinski definition) is 5. The second kappa shape index (κ2) is 23.1. The van der Waals surface area contributed by atoms with Crippen LogP contribution in [0.4, 0.5) is 11.4 Å². The van der Waals surface area contributed by atoms with Crippen LogP contribution >= 0.6 is 0 Å². The van der Waals surface area contributed by atoms with Crippen molar-refractivity contribution in [1.82, 2.24) is 5.32 Å². The number of benzene rings is 1. The molecule has 1 amide bonds. The second-order valence-corrected chi connectivity index (χ2v) is 11.0. The second-order valence-electron chi connectivity index (χ2n) is 11.0. The molecule has 44 heavy (non-hydrogen) atoms. The third-order valence-electron chi connectivity index (χ3n) is 7.43. The third-order valence-corrected chi connectivity index (χ3v) is 7.43. The van der Waals surface area contributed by atoms with Gasteiger partial charge in [-0.25, -0.2) is 0 Å². The van der Waals surface area contributed by atoms with E-state index in [9.17, 15) is 35.0 Å². The Morgan fingerprint density at radius 1 is 1.02 bits per heavy atom. The Balaban J connectivity index is 2.38. The number of unbranched alkanes of at least 4 members (excludes halogenated alkanes) is 10. The van der Waals surface area contributed by atoms with E-state index >= 15 is 0 Å². The van der Waals surface area contributed by atoms with Crippen LogP contribution in [0, 0.1) is 10.1 Å². The van der Waals surface area contributed by atoms with Crippen molar-refractivity contribution in [3.05, 3.63) is 38.8 Å². The van der Waals surface area contributed by atoms with Gasteiger partial charge in [0.05, 0.1) is 17.6 Å². The molecule has 5 atom stereocenters. The van der Waals surface area contributed by atoms with Gasteiger partial charge >= 0.3 is 5.69 Å². The maximum Gasteiger partial charge on any atom is 0.311 e. The molecule has 0 aliphatic carbocycles. The molecular weight excluding hydrogens is 574 g/mol. The quantitative estimate of drug-likeness (QED) is 0.0179. The molecule has 14 nitrogen and oxygen atoms in total. The van der Waals surface area contributed by atoms with Crippen LogP contribution in [0.3, 0.4) is 0 Å². The smallest absolute Gasteiger partial charge is 0.311 e. The molecule has 248 valence electrons. The molecule has 0 heterocycles. The summed E-state index contributed by atoms with van der Waals surface area (Å²) in [5, 5.41) is 55.3. The summed E-state index contributed by atoms with van der Waals surface area (Å²) in [7, 11) is 0. The van der Waals surface area contributed by atoms with Crippen LogP contribution in [0.15, 0.2) is 23.3 Å². The first-order valence-corrected chi connectivity index (χ1v) is 15.6. The maximum absolute atomic E-state index is 12.1. The summed E-state index contributed by atoms with van der Waals surface area (Å²) < 4.78 is 6.11. The average Bonchev–Trinajstić information content (AvgIpc) is 3.02. The van der Waals surface area contributed by atoms with E-state index in [4.69, 9.17) is 15.4 Å². The minimum absolute atomic E-state index is 0.148. The highest BCUT2D eigenvalue weighted by Crippen LogP contribution is 2.33. The first kappa shape index (κ1) is 38.7. The minimum Gasteiger partial charge on any atom is -0.484 e. The number of aldehydes is 1. The van der Waals surface area contributed by atoms with Gasteiger partial charge in [-0.05, 0) is 49.8 Å². The lowest BCUT2D eigenvalue weighted by molar-refractivity contribution is -0.386. The van der Waals surface area contributed by atoms with Gasteiger partial charge in [0.15, 0.2) is 5.75 Å². The van der Waals surface area contributed by atoms with Crippen LogP contribution in [0.2, 0.25) is 0 Å². The Labute approximate surface area is 258 Å². The molecule has 1 aromatic rings. The molecule has 0 spiro atoms. The van der Waals surface area contributed by atoms with E-state index in [-0.39, 0.29) is 35.9 Å². The highest BCUT2D eigenvalue weighted by atomic mass is 16.6. The van der Waals surface area contributed by atoms with E-state index < -0.39 is 41.8 Å². The molecule has 0 aromatic heterocycles. The summed E-state index contributed by atoms with van der Waals surface area (Å²) in [6, 6.07) is 2.83. The number of nitro groups is 1. The SMILES string of the molecule is CCCCCCC(CCCCCCCCCCC(=O)N[C@@H](C=O)[C@@H](O)[C@H](O)[C@H](O)CO)Oc1ccc(N=[N+]=[N-])cc1[N+](=O)[O-]. The van der Waals surface area contributed by atoms with Gasteiger partial charge in [-0.3, -0.25) is 14.9 Å². The summed E-state index contributed by atoms with van der Waals surface area (Å²) in [4.78, 5) is 37.0. The van der Waals surface area contributed by atoms with Crippen molar-refractivity contribution < 1.29 is 39.7 Å². The van der Waals surface area contributed by atoms with Crippen molar-refractivity contribution in [1.29, 1.82) is 0 Å². The van der Waals surface area contributed by atoms with E-state index in [0.29, 0.717) is 6.42 Å². The molecule has 5 N–H and O–H groups in total. The standard InChI is InChI=1S/C30H49N5O9/c1-2-3-4-11-14-23(44-27-18-17-22(33-34-31)19-25(27)35(42)43)15-12-9-7-5-6-8-10-13-16-28(39)32-24(20-36)29(40)30(41)26(38)21-37/h17-20,23-24,26,29-30,37-38,40-41H,2-16,21H2,1H3,(H,32,39)/t23?,24-,26+,29+,30+/m0/s1. The predicted octanol–water partition coefficient (Wildman–Crippen LogP) is 4.91. The zero-order valence-electron chi connectivity index (χ0n) is 25.6. The number of carbonyl (C=O) groups excluding carboxylic acids is 2. The number of nitrogens with zero attached hydrogens (tertiary/aromatic N) is 4. The lowest BCUT2D eigenvalue weighted by Crippen LogP contribution is -2.53. The third kappa shape index (κ3) is 15.4. The van der Waals surface area contributed by atoms with Gasteiger partial charge < -0.3 is 35.3 Å². The number of amides is 1. The summed E-state index contributed by atoms with van der Waals surface area (Å²) in [5.74, 6) is -0.271. The largest absolute Gasteiger partial charge is 0.484 e. The molecule has 0 radical (unpaired) electrons. The fourth-order valence-electron chi connectivity index (χ4n) is 4.83. The van der Waals surface area contributed by atoms with Gasteiger partial charge in [0, 0.05) is 23.1 Å². The van der Waals surface area contributed by atoms with Crippen LogP contribution in [-0.4, -0.2) is 74.6 Å². The van der Waals surface area contributed by atoms with Gasteiger partial charge in [0.2, 0.25) is 5.91 Å². The van der Waals surface area contributed by atoms with Gasteiger partial charge in [-0.1, -0.05) is 69.8 Å². The van der Waals surface area contributed by atoms with Crippen LogP contribution < -0.4 is 10.1 Å².